The van der Waals surface area contributed by atoms with Gasteiger partial charge in [-0.2, -0.15) is 5.10 Å². The number of hydrogen-bond acceptors (Lipinski definition) is 6. The molecule has 13 heteroatoms. The van der Waals surface area contributed by atoms with Crippen molar-refractivity contribution >= 4 is 17.5 Å². The molecule has 5 heterocycles. The molecule has 0 fully saturated rings. The van der Waals surface area contributed by atoms with Gasteiger partial charge in [0.2, 0.25) is 5.91 Å². The van der Waals surface area contributed by atoms with Crippen molar-refractivity contribution in [2.75, 3.05) is 0 Å². The van der Waals surface area contributed by atoms with Gasteiger partial charge in [0, 0.05) is 37.0 Å². The van der Waals surface area contributed by atoms with E-state index in [0.29, 0.717) is 36.7 Å². The summed E-state index contributed by atoms with van der Waals surface area (Å²) in [5, 5.41) is 6.76. The standard InChI is InChI=1S/C27H24ClF3N6O3/c1-14(38)34-27(2,3)25-19(31)12-36(35-25)23-9-21-15(10-33-23)5-4-6-17-8-22(24(28)26(39)37(17)21)40-13-20-18(30)7-16(29)11-32-20/h7-12H,4-6,13H2,1-3H3,(H,34,38). The van der Waals surface area contributed by atoms with Crippen LogP contribution in [0, 0.1) is 17.5 Å². The first-order valence-corrected chi connectivity index (χ1v) is 12.7. The monoisotopic (exact) mass is 572 g/mol. The molecule has 0 bridgehead atoms. The largest absolute Gasteiger partial charge is 0.485 e. The number of carbonyl (C=O) groups is 1. The maximum absolute atomic E-state index is 14.9. The summed E-state index contributed by atoms with van der Waals surface area (Å²) in [6.45, 7) is 4.24. The van der Waals surface area contributed by atoms with Crippen LogP contribution >= 0.6 is 11.6 Å². The Bertz CT molecular complexity index is 1700. The van der Waals surface area contributed by atoms with Crippen molar-refractivity contribution in [2.45, 2.75) is 52.2 Å². The quantitative estimate of drug-likeness (QED) is 0.369. The summed E-state index contributed by atoms with van der Waals surface area (Å²) >= 11 is 6.40. The molecule has 1 aliphatic heterocycles. The van der Waals surface area contributed by atoms with E-state index in [1.807, 2.05) is 0 Å². The Labute approximate surface area is 231 Å². The summed E-state index contributed by atoms with van der Waals surface area (Å²) < 4.78 is 50.4. The molecule has 0 atom stereocenters. The Morgan fingerprint density at radius 3 is 2.62 bits per heavy atom. The van der Waals surface area contributed by atoms with Crippen LogP contribution in [0.15, 0.2) is 41.6 Å². The molecule has 4 aromatic heterocycles. The summed E-state index contributed by atoms with van der Waals surface area (Å²) in [6, 6.07) is 3.90. The van der Waals surface area contributed by atoms with E-state index in [0.717, 1.165) is 18.0 Å². The second-order valence-electron chi connectivity index (χ2n) is 9.93. The van der Waals surface area contributed by atoms with Crippen molar-refractivity contribution in [3.8, 4) is 17.3 Å². The number of nitrogens with zero attached hydrogens (tertiary/aromatic N) is 5. The predicted molar refractivity (Wildman–Crippen MR) is 139 cm³/mol. The molecule has 208 valence electrons. The van der Waals surface area contributed by atoms with Crippen LogP contribution in [-0.2, 0) is 29.8 Å². The molecular formula is C27H24ClF3N6O3. The molecule has 0 saturated heterocycles. The highest BCUT2D eigenvalue weighted by Crippen LogP contribution is 2.30. The first-order valence-electron chi connectivity index (χ1n) is 12.4. The van der Waals surface area contributed by atoms with Gasteiger partial charge in [0.05, 0.1) is 23.6 Å². The SMILES string of the molecule is CC(=O)NC(C)(C)c1nn(-c2cc3c(cn2)CCCc2cc(OCc4ncc(F)cc4F)c(Cl)c(=O)n2-3)cc1F. The Balaban J connectivity index is 1.53. The van der Waals surface area contributed by atoms with Crippen LogP contribution in [0.4, 0.5) is 13.2 Å². The lowest BCUT2D eigenvalue weighted by molar-refractivity contribution is -0.120. The third kappa shape index (κ3) is 5.18. The third-order valence-electron chi connectivity index (χ3n) is 6.49. The van der Waals surface area contributed by atoms with E-state index in [1.165, 1.54) is 16.2 Å². The predicted octanol–water partition coefficient (Wildman–Crippen LogP) is 4.32. The summed E-state index contributed by atoms with van der Waals surface area (Å²) in [4.78, 5) is 33.2. The lowest BCUT2D eigenvalue weighted by atomic mass is 10.0. The summed E-state index contributed by atoms with van der Waals surface area (Å²) in [5.41, 5.74) is 0.106. The number of carbonyl (C=O) groups excluding carboxylic acids is 1. The van der Waals surface area contributed by atoms with Gasteiger partial charge >= 0.3 is 0 Å². The summed E-state index contributed by atoms with van der Waals surface area (Å²) in [5.74, 6) is -2.38. The van der Waals surface area contributed by atoms with Crippen LogP contribution in [0.1, 0.15) is 49.8 Å². The second-order valence-corrected chi connectivity index (χ2v) is 10.3. The molecule has 0 saturated carbocycles. The first kappa shape index (κ1) is 27.4. The summed E-state index contributed by atoms with van der Waals surface area (Å²) in [6.07, 6.45) is 5.42. The fourth-order valence-electron chi connectivity index (χ4n) is 4.70. The Morgan fingerprint density at radius 2 is 1.90 bits per heavy atom. The van der Waals surface area contributed by atoms with Gasteiger partial charge in [0.15, 0.2) is 17.5 Å². The van der Waals surface area contributed by atoms with Gasteiger partial charge in [-0.15, -0.1) is 0 Å². The van der Waals surface area contributed by atoms with Crippen molar-refractivity contribution < 1.29 is 22.7 Å². The Kier molecular flexibility index (Phi) is 7.13. The second kappa shape index (κ2) is 10.4. The maximum atomic E-state index is 14.9. The van der Waals surface area contributed by atoms with Gasteiger partial charge < -0.3 is 10.1 Å². The number of rotatable bonds is 6. The zero-order valence-corrected chi connectivity index (χ0v) is 22.5. The highest BCUT2D eigenvalue weighted by atomic mass is 35.5. The smallest absolute Gasteiger partial charge is 0.277 e. The van der Waals surface area contributed by atoms with E-state index >= 15 is 0 Å². The van der Waals surface area contributed by atoms with Crippen LogP contribution < -0.4 is 15.6 Å². The van der Waals surface area contributed by atoms with Crippen LogP contribution in [0.2, 0.25) is 5.02 Å². The molecule has 4 aromatic rings. The molecule has 1 N–H and O–H groups in total. The Morgan fingerprint density at radius 1 is 1.12 bits per heavy atom. The normalized spacial score (nSPS) is 12.9. The van der Waals surface area contributed by atoms with Gasteiger partial charge in [0.25, 0.3) is 5.56 Å². The van der Waals surface area contributed by atoms with Crippen LogP contribution in [0.5, 0.6) is 5.75 Å². The van der Waals surface area contributed by atoms with Crippen LogP contribution in [0.25, 0.3) is 11.5 Å². The lowest BCUT2D eigenvalue weighted by Gasteiger charge is -2.23. The molecule has 0 aliphatic carbocycles. The van der Waals surface area contributed by atoms with Crippen molar-refractivity contribution in [3.05, 3.63) is 92.3 Å². The van der Waals surface area contributed by atoms with E-state index < -0.39 is 28.5 Å². The minimum Gasteiger partial charge on any atom is -0.485 e. The number of amides is 1. The number of nitrogens with one attached hydrogen (secondary N) is 1. The van der Waals surface area contributed by atoms with E-state index in [9.17, 15) is 22.8 Å². The molecule has 5 rings (SSSR count). The number of aromatic nitrogens is 5. The van der Waals surface area contributed by atoms with Crippen molar-refractivity contribution in [2.24, 2.45) is 0 Å². The number of hydrogen-bond donors (Lipinski definition) is 1. The number of halogens is 4. The van der Waals surface area contributed by atoms with E-state index in [2.05, 4.69) is 20.4 Å². The molecule has 1 amide bonds. The average molecular weight is 573 g/mol. The molecule has 1 aliphatic rings. The third-order valence-corrected chi connectivity index (χ3v) is 6.84. The zero-order valence-electron chi connectivity index (χ0n) is 21.8. The number of fused-ring (bicyclic) bond motifs is 3. The number of aryl methyl sites for hydroxylation is 2. The minimum absolute atomic E-state index is 0.0222. The average Bonchev–Trinajstić information content (AvgIpc) is 3.19. The number of pyridine rings is 3. The molecule has 0 aromatic carbocycles. The molecule has 9 nitrogen and oxygen atoms in total. The van der Waals surface area contributed by atoms with Crippen molar-refractivity contribution in [1.29, 1.82) is 0 Å². The minimum atomic E-state index is -1.08. The maximum Gasteiger partial charge on any atom is 0.277 e. The first-order chi connectivity index (χ1) is 18.9. The fraction of sp³-hybridized carbons (Fsp3) is 0.296. The van der Waals surface area contributed by atoms with Gasteiger partial charge in [-0.1, -0.05) is 11.6 Å². The van der Waals surface area contributed by atoms with Crippen LogP contribution in [-0.4, -0.2) is 30.2 Å². The topological polar surface area (TPSA) is 104 Å². The fourth-order valence-corrected chi connectivity index (χ4v) is 4.90. The van der Waals surface area contributed by atoms with Gasteiger partial charge in [0.1, 0.15) is 34.6 Å². The Hall–Kier alpha value is -4.19. The van der Waals surface area contributed by atoms with E-state index in [1.54, 1.807) is 32.2 Å². The van der Waals surface area contributed by atoms with Crippen LogP contribution in [0.3, 0.4) is 0 Å². The number of ether oxygens (including phenoxy) is 1. The lowest BCUT2D eigenvalue weighted by Crippen LogP contribution is -2.40. The van der Waals surface area contributed by atoms with Gasteiger partial charge in [-0.05, 0) is 38.7 Å². The van der Waals surface area contributed by atoms with Gasteiger partial charge in [-0.3, -0.25) is 19.1 Å². The highest BCUT2D eigenvalue weighted by Gasteiger charge is 2.29. The van der Waals surface area contributed by atoms with Crippen molar-refractivity contribution in [3.63, 3.8) is 0 Å². The summed E-state index contributed by atoms with van der Waals surface area (Å²) in [7, 11) is 0. The molecule has 0 radical (unpaired) electrons. The molecular weight excluding hydrogens is 549 g/mol. The molecule has 40 heavy (non-hydrogen) atoms. The molecule has 0 spiro atoms. The van der Waals surface area contributed by atoms with Crippen molar-refractivity contribution in [1.82, 2.24) is 29.6 Å². The molecule has 0 unspecified atom stereocenters. The zero-order chi connectivity index (χ0) is 28.8. The van der Waals surface area contributed by atoms with Gasteiger partial charge in [-0.25, -0.2) is 22.8 Å². The highest BCUT2D eigenvalue weighted by molar-refractivity contribution is 6.31. The van der Waals surface area contributed by atoms with E-state index in [4.69, 9.17) is 16.3 Å². The van der Waals surface area contributed by atoms with E-state index in [-0.39, 0.29) is 40.5 Å².